The van der Waals surface area contributed by atoms with Crippen LogP contribution in [0.5, 0.6) is 5.75 Å². The van der Waals surface area contributed by atoms with Crippen molar-refractivity contribution in [3.05, 3.63) is 64.1 Å². The molecule has 7 nitrogen and oxygen atoms in total. The van der Waals surface area contributed by atoms with Crippen molar-refractivity contribution in [2.45, 2.75) is 17.4 Å². The summed E-state index contributed by atoms with van der Waals surface area (Å²) in [5.74, 6) is 0.0261. The number of ether oxygens (including phenoxy) is 1. The minimum absolute atomic E-state index is 0.0729. The molecule has 0 spiro atoms. The fourth-order valence-electron chi connectivity index (χ4n) is 3.01. The highest BCUT2D eigenvalue weighted by atomic mass is 35.5. The number of thiazole rings is 1. The van der Waals surface area contributed by atoms with Gasteiger partial charge in [0.1, 0.15) is 0 Å². The Kier molecular flexibility index (Phi) is 5.88. The standard InChI is InChI=1S/C19H15Cl2N3O4S2/c20-14-2-1-3-15(21)17(14)28-16-8-10-24(18(16)25)12-4-6-13(7-5-12)30(26,27)23-19-22-9-11-29-19/h1-7,9,11,16H,8,10H2,(H,22,23). The van der Waals surface area contributed by atoms with E-state index in [1.165, 1.54) is 29.7 Å². The first-order chi connectivity index (χ1) is 14.3. The third-order valence-corrected chi connectivity index (χ3v) is 7.22. The Labute approximate surface area is 187 Å². The normalized spacial score (nSPS) is 16.7. The first-order valence-electron chi connectivity index (χ1n) is 8.79. The van der Waals surface area contributed by atoms with Gasteiger partial charge in [-0.05, 0) is 36.4 Å². The number of anilines is 2. The Bertz CT molecular complexity index is 1150. The maximum absolute atomic E-state index is 12.8. The molecule has 1 aliphatic heterocycles. The van der Waals surface area contributed by atoms with Crippen LogP contribution in [0, 0.1) is 0 Å². The van der Waals surface area contributed by atoms with Crippen molar-refractivity contribution in [2.75, 3.05) is 16.2 Å². The Morgan fingerprint density at radius 1 is 1.13 bits per heavy atom. The van der Waals surface area contributed by atoms with E-state index in [0.29, 0.717) is 28.7 Å². The van der Waals surface area contributed by atoms with E-state index in [0.717, 1.165) is 0 Å². The SMILES string of the molecule is O=C1C(Oc2c(Cl)cccc2Cl)CCN1c1ccc(S(=O)(=O)Nc2nccs2)cc1. The highest BCUT2D eigenvalue weighted by molar-refractivity contribution is 7.93. The van der Waals surface area contributed by atoms with E-state index in [1.807, 2.05) is 0 Å². The highest BCUT2D eigenvalue weighted by Gasteiger charge is 2.35. The van der Waals surface area contributed by atoms with Crippen molar-refractivity contribution in [1.82, 2.24) is 4.98 Å². The molecule has 0 bridgehead atoms. The lowest BCUT2D eigenvalue weighted by molar-refractivity contribution is -0.122. The zero-order chi connectivity index (χ0) is 21.3. The zero-order valence-corrected chi connectivity index (χ0v) is 18.4. The van der Waals surface area contributed by atoms with Gasteiger partial charge in [-0.2, -0.15) is 0 Å². The smallest absolute Gasteiger partial charge is 0.268 e. The zero-order valence-electron chi connectivity index (χ0n) is 15.3. The molecule has 1 N–H and O–H groups in total. The van der Waals surface area contributed by atoms with E-state index in [9.17, 15) is 13.2 Å². The number of rotatable bonds is 6. The van der Waals surface area contributed by atoms with Crippen LogP contribution in [0.25, 0.3) is 0 Å². The minimum Gasteiger partial charge on any atom is -0.477 e. The number of para-hydroxylation sites is 1. The average molecular weight is 484 g/mol. The summed E-state index contributed by atoms with van der Waals surface area (Å²) in [5, 5.41) is 2.62. The molecule has 2 aromatic carbocycles. The van der Waals surface area contributed by atoms with Gasteiger partial charge in [0.15, 0.2) is 17.0 Å². The van der Waals surface area contributed by atoms with Crippen molar-refractivity contribution in [2.24, 2.45) is 0 Å². The van der Waals surface area contributed by atoms with Gasteiger partial charge in [-0.1, -0.05) is 29.3 Å². The van der Waals surface area contributed by atoms with E-state index in [-0.39, 0.29) is 21.7 Å². The summed E-state index contributed by atoms with van der Waals surface area (Å²) < 4.78 is 33.1. The van der Waals surface area contributed by atoms with E-state index >= 15 is 0 Å². The van der Waals surface area contributed by atoms with Crippen molar-refractivity contribution in [1.29, 1.82) is 0 Å². The summed E-state index contributed by atoms with van der Waals surface area (Å²) in [7, 11) is -3.76. The van der Waals surface area contributed by atoms with Gasteiger partial charge in [0.05, 0.1) is 14.9 Å². The largest absolute Gasteiger partial charge is 0.477 e. The van der Waals surface area contributed by atoms with Crippen LogP contribution in [0.2, 0.25) is 10.0 Å². The number of nitrogens with zero attached hydrogens (tertiary/aromatic N) is 2. The number of hydrogen-bond acceptors (Lipinski definition) is 6. The van der Waals surface area contributed by atoms with Crippen molar-refractivity contribution < 1.29 is 17.9 Å². The van der Waals surface area contributed by atoms with E-state index in [2.05, 4.69) is 9.71 Å². The van der Waals surface area contributed by atoms with Crippen LogP contribution in [0.3, 0.4) is 0 Å². The van der Waals surface area contributed by atoms with Gasteiger partial charge < -0.3 is 9.64 Å². The summed E-state index contributed by atoms with van der Waals surface area (Å²) in [5.41, 5.74) is 0.574. The van der Waals surface area contributed by atoms with Crippen molar-refractivity contribution >= 4 is 61.3 Å². The number of nitrogens with one attached hydrogen (secondary N) is 1. The molecule has 1 aromatic heterocycles. The molecule has 30 heavy (non-hydrogen) atoms. The quantitative estimate of drug-likeness (QED) is 0.559. The first kappa shape index (κ1) is 20.9. The Hall–Kier alpha value is -2.33. The number of carbonyl (C=O) groups is 1. The molecule has 1 saturated heterocycles. The molecular formula is C19H15Cl2N3O4S2. The number of hydrogen-bond donors (Lipinski definition) is 1. The monoisotopic (exact) mass is 483 g/mol. The second-order valence-electron chi connectivity index (χ2n) is 6.37. The molecular weight excluding hydrogens is 469 g/mol. The summed E-state index contributed by atoms with van der Waals surface area (Å²) >= 11 is 13.4. The molecule has 11 heteroatoms. The van der Waals surface area contributed by atoms with Crippen LogP contribution in [0.4, 0.5) is 10.8 Å². The van der Waals surface area contributed by atoms with Gasteiger partial charge in [0, 0.05) is 30.2 Å². The van der Waals surface area contributed by atoms with Gasteiger partial charge in [-0.3, -0.25) is 9.52 Å². The Morgan fingerprint density at radius 2 is 1.83 bits per heavy atom. The lowest BCUT2D eigenvalue weighted by atomic mass is 10.3. The number of carbonyl (C=O) groups excluding carboxylic acids is 1. The summed E-state index contributed by atoms with van der Waals surface area (Å²) in [6.45, 7) is 0.426. The van der Waals surface area contributed by atoms with Gasteiger partial charge >= 0.3 is 0 Å². The second-order valence-corrected chi connectivity index (χ2v) is 9.76. The van der Waals surface area contributed by atoms with Crippen molar-refractivity contribution in [3.63, 3.8) is 0 Å². The lowest BCUT2D eigenvalue weighted by Crippen LogP contribution is -2.32. The third-order valence-electron chi connectivity index (χ3n) is 4.45. The molecule has 1 unspecified atom stereocenters. The van der Waals surface area contributed by atoms with Gasteiger partial charge in [-0.15, -0.1) is 11.3 Å². The summed E-state index contributed by atoms with van der Waals surface area (Å²) in [4.78, 5) is 18.3. The van der Waals surface area contributed by atoms with Gasteiger partial charge in [-0.25, -0.2) is 13.4 Å². The van der Waals surface area contributed by atoms with Crippen LogP contribution in [0.1, 0.15) is 6.42 Å². The Morgan fingerprint density at radius 3 is 2.47 bits per heavy atom. The van der Waals surface area contributed by atoms with Crippen LogP contribution in [0.15, 0.2) is 58.9 Å². The molecule has 1 amide bonds. The van der Waals surface area contributed by atoms with Gasteiger partial charge in [0.25, 0.3) is 15.9 Å². The van der Waals surface area contributed by atoms with Crippen LogP contribution >= 0.6 is 34.5 Å². The van der Waals surface area contributed by atoms with E-state index < -0.39 is 16.1 Å². The molecule has 1 aliphatic rings. The average Bonchev–Trinajstić information content (AvgIpc) is 3.34. The summed E-state index contributed by atoms with van der Waals surface area (Å²) in [6.07, 6.45) is 1.24. The third kappa shape index (κ3) is 4.24. The number of benzene rings is 2. The maximum Gasteiger partial charge on any atom is 0.268 e. The van der Waals surface area contributed by atoms with E-state index in [1.54, 1.807) is 40.6 Å². The van der Waals surface area contributed by atoms with Crippen LogP contribution < -0.4 is 14.4 Å². The fourth-order valence-corrected chi connectivity index (χ4v) is 5.29. The van der Waals surface area contributed by atoms with Crippen molar-refractivity contribution in [3.8, 4) is 5.75 Å². The maximum atomic E-state index is 12.8. The fraction of sp³-hybridized carbons (Fsp3) is 0.158. The van der Waals surface area contributed by atoms with Crippen LogP contribution in [-0.2, 0) is 14.8 Å². The number of amides is 1. The highest BCUT2D eigenvalue weighted by Crippen LogP contribution is 2.35. The number of aromatic nitrogens is 1. The molecule has 3 aromatic rings. The predicted molar refractivity (Wildman–Crippen MR) is 117 cm³/mol. The second kappa shape index (κ2) is 8.43. The van der Waals surface area contributed by atoms with E-state index in [4.69, 9.17) is 27.9 Å². The number of sulfonamides is 1. The molecule has 156 valence electrons. The van der Waals surface area contributed by atoms with Crippen LogP contribution in [-0.4, -0.2) is 32.0 Å². The molecule has 0 aliphatic carbocycles. The topological polar surface area (TPSA) is 88.6 Å². The predicted octanol–water partition coefficient (Wildman–Crippen LogP) is 4.44. The molecule has 0 saturated carbocycles. The lowest BCUT2D eigenvalue weighted by Gasteiger charge is -2.18. The summed E-state index contributed by atoms with van der Waals surface area (Å²) in [6, 6.07) is 11.0. The van der Waals surface area contributed by atoms with Gasteiger partial charge in [0.2, 0.25) is 0 Å². The first-order valence-corrected chi connectivity index (χ1v) is 11.9. The molecule has 0 radical (unpaired) electrons. The molecule has 1 fully saturated rings. The number of halogens is 2. The molecule has 1 atom stereocenters. The Balaban J connectivity index is 1.48. The minimum atomic E-state index is -3.76. The molecule has 2 heterocycles. The molecule has 4 rings (SSSR count).